The summed E-state index contributed by atoms with van der Waals surface area (Å²) in [6, 6.07) is 8.93. The van der Waals surface area contributed by atoms with Crippen molar-refractivity contribution in [2.24, 2.45) is 0 Å². The molecule has 170 valence electrons. The first kappa shape index (κ1) is 23.1. The average Bonchev–Trinajstić information content (AvgIpc) is 2.74. The van der Waals surface area contributed by atoms with Crippen LogP contribution >= 0.6 is 0 Å². The van der Waals surface area contributed by atoms with Crippen LogP contribution < -0.4 is 5.32 Å². The molecule has 1 aromatic rings. The van der Waals surface area contributed by atoms with E-state index < -0.39 is 17.7 Å². The molecule has 0 bridgehead atoms. The van der Waals surface area contributed by atoms with Crippen LogP contribution in [0.25, 0.3) is 0 Å². The van der Waals surface area contributed by atoms with E-state index in [2.05, 4.69) is 10.2 Å². The summed E-state index contributed by atoms with van der Waals surface area (Å²) in [6.45, 7) is 8.62. The lowest BCUT2D eigenvalue weighted by Crippen LogP contribution is -2.54. The fourth-order valence-corrected chi connectivity index (χ4v) is 4.09. The van der Waals surface area contributed by atoms with Crippen LogP contribution in [0.2, 0.25) is 0 Å². The Hall–Kier alpha value is -2.61. The summed E-state index contributed by atoms with van der Waals surface area (Å²) in [5, 5.41) is 2.82. The lowest BCUT2D eigenvalue weighted by Gasteiger charge is -2.42. The van der Waals surface area contributed by atoms with Crippen LogP contribution in [0, 0.1) is 0 Å². The van der Waals surface area contributed by atoms with Gasteiger partial charge in [-0.2, -0.15) is 0 Å². The number of carbonyl (C=O) groups is 3. The van der Waals surface area contributed by atoms with Crippen molar-refractivity contribution in [3.63, 3.8) is 0 Å². The number of alkyl carbamates (subject to hydrolysis) is 1. The summed E-state index contributed by atoms with van der Waals surface area (Å²) >= 11 is 0. The molecule has 0 aromatic heterocycles. The van der Waals surface area contributed by atoms with E-state index >= 15 is 0 Å². The molecule has 0 spiro atoms. The Kier molecular flexibility index (Phi) is 7.54. The summed E-state index contributed by atoms with van der Waals surface area (Å²) in [6.07, 6.45) is 2.66. The molecule has 1 saturated heterocycles. The molecule has 0 atom stereocenters. The molecule has 0 unspecified atom stereocenters. The summed E-state index contributed by atoms with van der Waals surface area (Å²) in [4.78, 5) is 40.5. The van der Waals surface area contributed by atoms with Crippen molar-refractivity contribution in [1.29, 1.82) is 0 Å². The van der Waals surface area contributed by atoms with E-state index in [-0.39, 0.29) is 12.1 Å². The molecule has 8 heteroatoms. The zero-order chi connectivity index (χ0) is 22.4. The van der Waals surface area contributed by atoms with E-state index in [1.807, 2.05) is 20.8 Å². The number of esters is 1. The molecule has 1 aromatic carbocycles. The minimum absolute atomic E-state index is 0.00961. The molecule has 2 fully saturated rings. The number of rotatable bonds is 3. The smallest absolute Gasteiger partial charge is 0.415 e. The third-order valence-electron chi connectivity index (χ3n) is 5.70. The minimum atomic E-state index is -0.691. The third-order valence-corrected chi connectivity index (χ3v) is 5.70. The molecule has 1 heterocycles. The summed E-state index contributed by atoms with van der Waals surface area (Å²) in [5.41, 5.74) is -0.126. The molecular weight excluding hydrogens is 398 g/mol. The highest BCUT2D eigenvalue weighted by Gasteiger charge is 2.31. The first-order chi connectivity index (χ1) is 14.7. The van der Waals surface area contributed by atoms with E-state index in [4.69, 9.17) is 9.47 Å². The normalized spacial score (nSPS) is 22.5. The SMILES string of the molecule is CC(C)(C)OC(=O)N1CCN(C2CCC(NC(=O)OC(=O)c3ccccc3)CC2)CC1. The standard InChI is InChI=1S/C23H33N3O5/c1-23(2,3)31-22(29)26-15-13-25(14-16-26)19-11-9-18(10-12-19)24-21(28)30-20(27)17-7-5-4-6-8-17/h4-8,18-19H,9-16H2,1-3H3,(H,24,28). The second kappa shape index (κ2) is 10.1. The largest absolute Gasteiger partial charge is 0.444 e. The van der Waals surface area contributed by atoms with Crippen molar-refractivity contribution < 1.29 is 23.9 Å². The van der Waals surface area contributed by atoms with Gasteiger partial charge >= 0.3 is 18.2 Å². The highest BCUT2D eigenvalue weighted by Crippen LogP contribution is 2.25. The number of piperazine rings is 1. The van der Waals surface area contributed by atoms with E-state index in [1.54, 1.807) is 35.2 Å². The Morgan fingerprint density at radius 3 is 2.13 bits per heavy atom. The molecule has 0 radical (unpaired) electrons. The molecule has 1 aliphatic heterocycles. The number of amides is 2. The first-order valence-corrected chi connectivity index (χ1v) is 11.0. The van der Waals surface area contributed by atoms with Crippen molar-refractivity contribution in [1.82, 2.24) is 15.1 Å². The molecule has 2 aliphatic rings. The van der Waals surface area contributed by atoms with Gasteiger partial charge in [-0.05, 0) is 58.6 Å². The van der Waals surface area contributed by atoms with Crippen LogP contribution in [0.15, 0.2) is 30.3 Å². The van der Waals surface area contributed by atoms with E-state index in [0.717, 1.165) is 38.8 Å². The predicted octanol–water partition coefficient (Wildman–Crippen LogP) is 3.42. The molecular formula is C23H33N3O5. The highest BCUT2D eigenvalue weighted by atomic mass is 16.6. The fourth-order valence-electron chi connectivity index (χ4n) is 4.09. The molecule has 2 amide bonds. The number of benzene rings is 1. The van der Waals surface area contributed by atoms with E-state index in [9.17, 15) is 14.4 Å². The van der Waals surface area contributed by atoms with Crippen molar-refractivity contribution in [2.75, 3.05) is 26.2 Å². The van der Waals surface area contributed by atoms with Gasteiger partial charge in [0.2, 0.25) is 0 Å². The summed E-state index contributed by atoms with van der Waals surface area (Å²) < 4.78 is 10.4. The summed E-state index contributed by atoms with van der Waals surface area (Å²) in [7, 11) is 0. The van der Waals surface area contributed by atoms with E-state index in [0.29, 0.717) is 24.7 Å². The molecule has 31 heavy (non-hydrogen) atoms. The minimum Gasteiger partial charge on any atom is -0.444 e. The van der Waals surface area contributed by atoms with Gasteiger partial charge in [-0.3, -0.25) is 4.90 Å². The van der Waals surface area contributed by atoms with Crippen LogP contribution in [-0.2, 0) is 9.47 Å². The van der Waals surface area contributed by atoms with Gasteiger partial charge in [-0.1, -0.05) is 18.2 Å². The number of hydrogen-bond acceptors (Lipinski definition) is 6. The maximum atomic E-state index is 12.2. The zero-order valence-electron chi connectivity index (χ0n) is 18.6. The quantitative estimate of drug-likeness (QED) is 0.583. The molecule has 1 N–H and O–H groups in total. The maximum Gasteiger partial charge on any atom is 0.415 e. The number of ether oxygens (including phenoxy) is 2. The lowest BCUT2D eigenvalue weighted by molar-refractivity contribution is 0.00775. The van der Waals surface area contributed by atoms with E-state index in [1.165, 1.54) is 0 Å². The third kappa shape index (κ3) is 6.95. The molecule has 3 rings (SSSR count). The molecule has 8 nitrogen and oxygen atoms in total. The van der Waals surface area contributed by atoms with Gasteiger partial charge in [0.25, 0.3) is 0 Å². The lowest BCUT2D eigenvalue weighted by atomic mass is 9.90. The highest BCUT2D eigenvalue weighted by molar-refractivity contribution is 5.96. The van der Waals surface area contributed by atoms with Gasteiger partial charge in [0.05, 0.1) is 5.56 Å². The zero-order valence-corrected chi connectivity index (χ0v) is 18.6. The Labute approximate surface area is 183 Å². The van der Waals surface area contributed by atoms with Crippen molar-refractivity contribution in [3.05, 3.63) is 35.9 Å². The average molecular weight is 432 g/mol. The number of nitrogens with zero attached hydrogens (tertiary/aromatic N) is 2. The van der Waals surface area contributed by atoms with Gasteiger partial charge < -0.3 is 19.7 Å². The Morgan fingerprint density at radius 2 is 1.55 bits per heavy atom. The Bertz CT molecular complexity index is 761. The van der Waals surface area contributed by atoms with Gasteiger partial charge in [-0.15, -0.1) is 0 Å². The molecule has 1 saturated carbocycles. The van der Waals surface area contributed by atoms with Crippen LogP contribution in [-0.4, -0.2) is 71.8 Å². The monoisotopic (exact) mass is 431 g/mol. The fraction of sp³-hybridized carbons (Fsp3) is 0.609. The van der Waals surface area contributed by atoms with Crippen molar-refractivity contribution in [2.45, 2.75) is 64.1 Å². The second-order valence-electron chi connectivity index (χ2n) is 9.20. The Morgan fingerprint density at radius 1 is 0.935 bits per heavy atom. The predicted molar refractivity (Wildman–Crippen MR) is 116 cm³/mol. The summed E-state index contributed by atoms with van der Waals surface area (Å²) in [5.74, 6) is -0.644. The van der Waals surface area contributed by atoms with Crippen molar-refractivity contribution in [3.8, 4) is 0 Å². The number of hydrogen-bond donors (Lipinski definition) is 1. The van der Waals surface area contributed by atoms with Crippen LogP contribution in [0.5, 0.6) is 0 Å². The maximum absolute atomic E-state index is 12.2. The molecule has 1 aliphatic carbocycles. The number of carbonyl (C=O) groups excluding carboxylic acids is 3. The van der Waals surface area contributed by atoms with Crippen LogP contribution in [0.1, 0.15) is 56.8 Å². The topological polar surface area (TPSA) is 88.2 Å². The van der Waals surface area contributed by atoms with Gasteiger partial charge in [-0.25, -0.2) is 14.4 Å². The first-order valence-electron chi connectivity index (χ1n) is 11.0. The van der Waals surface area contributed by atoms with Crippen molar-refractivity contribution >= 4 is 18.2 Å². The number of nitrogens with one attached hydrogen (secondary N) is 1. The Balaban J connectivity index is 1.37. The van der Waals surface area contributed by atoms with Gasteiger partial charge in [0.15, 0.2) is 0 Å². The van der Waals surface area contributed by atoms with Crippen LogP contribution in [0.3, 0.4) is 0 Å². The second-order valence-corrected chi connectivity index (χ2v) is 9.20. The van der Waals surface area contributed by atoms with Crippen LogP contribution in [0.4, 0.5) is 9.59 Å². The van der Waals surface area contributed by atoms with Gasteiger partial charge in [0.1, 0.15) is 5.60 Å². The van der Waals surface area contributed by atoms with Gasteiger partial charge in [0, 0.05) is 38.3 Å².